The van der Waals surface area contributed by atoms with Crippen molar-refractivity contribution in [2.45, 2.75) is 37.3 Å². The first kappa shape index (κ1) is 12.1. The standard InChI is InChI=1S/C12H18BrNO2/c1-14-9(10-4-5-11(13)16-10)8-12(15-2)6-3-7-12/h4-5,9,14H,3,6-8H2,1-2H3. The minimum Gasteiger partial charge on any atom is -0.453 e. The van der Waals surface area contributed by atoms with E-state index in [1.54, 1.807) is 0 Å². The molecule has 1 aromatic rings. The van der Waals surface area contributed by atoms with Gasteiger partial charge in [0.05, 0.1) is 11.6 Å². The van der Waals surface area contributed by atoms with Crippen LogP contribution in [0, 0.1) is 0 Å². The molecule has 90 valence electrons. The van der Waals surface area contributed by atoms with Gasteiger partial charge in [-0.1, -0.05) is 0 Å². The van der Waals surface area contributed by atoms with Crippen LogP contribution in [-0.4, -0.2) is 19.8 Å². The summed E-state index contributed by atoms with van der Waals surface area (Å²) in [5.41, 5.74) is 0.0624. The number of halogens is 1. The Balaban J connectivity index is 2.05. The van der Waals surface area contributed by atoms with Crippen molar-refractivity contribution in [3.63, 3.8) is 0 Å². The highest BCUT2D eigenvalue weighted by molar-refractivity contribution is 9.10. The van der Waals surface area contributed by atoms with E-state index < -0.39 is 0 Å². The second kappa shape index (κ2) is 4.90. The van der Waals surface area contributed by atoms with Crippen molar-refractivity contribution in [2.75, 3.05) is 14.2 Å². The minimum atomic E-state index is 0.0624. The van der Waals surface area contributed by atoms with E-state index in [1.165, 1.54) is 6.42 Å². The van der Waals surface area contributed by atoms with E-state index in [2.05, 4.69) is 21.2 Å². The number of methoxy groups -OCH3 is 1. The molecular weight excluding hydrogens is 270 g/mol. The maximum Gasteiger partial charge on any atom is 0.169 e. The lowest BCUT2D eigenvalue weighted by atomic mass is 9.75. The number of rotatable bonds is 5. The van der Waals surface area contributed by atoms with Crippen molar-refractivity contribution in [1.29, 1.82) is 0 Å². The molecule has 1 fully saturated rings. The third-order valence-electron chi connectivity index (χ3n) is 3.56. The minimum absolute atomic E-state index is 0.0624. The van der Waals surface area contributed by atoms with Crippen molar-refractivity contribution < 1.29 is 9.15 Å². The lowest BCUT2D eigenvalue weighted by Gasteiger charge is -2.42. The molecule has 2 rings (SSSR count). The first-order chi connectivity index (χ1) is 7.69. The van der Waals surface area contributed by atoms with Gasteiger partial charge in [-0.25, -0.2) is 0 Å². The van der Waals surface area contributed by atoms with E-state index in [9.17, 15) is 0 Å². The quantitative estimate of drug-likeness (QED) is 0.903. The Morgan fingerprint density at radius 1 is 1.56 bits per heavy atom. The second-order valence-electron chi connectivity index (χ2n) is 4.43. The average molecular weight is 288 g/mol. The first-order valence-electron chi connectivity index (χ1n) is 5.67. The molecule has 0 bridgehead atoms. The van der Waals surface area contributed by atoms with E-state index in [-0.39, 0.29) is 11.6 Å². The first-order valence-corrected chi connectivity index (χ1v) is 6.46. The third-order valence-corrected chi connectivity index (χ3v) is 3.99. The molecule has 1 saturated carbocycles. The molecular formula is C12H18BrNO2. The van der Waals surface area contributed by atoms with Gasteiger partial charge < -0.3 is 14.5 Å². The molecule has 1 N–H and O–H groups in total. The number of furan rings is 1. The summed E-state index contributed by atoms with van der Waals surface area (Å²) in [6, 6.07) is 4.17. The normalized spacial score (nSPS) is 20.4. The summed E-state index contributed by atoms with van der Waals surface area (Å²) < 4.78 is 12.0. The van der Waals surface area contributed by atoms with Gasteiger partial charge in [-0.2, -0.15) is 0 Å². The summed E-state index contributed by atoms with van der Waals surface area (Å²) in [5.74, 6) is 0.970. The topological polar surface area (TPSA) is 34.4 Å². The van der Waals surface area contributed by atoms with Gasteiger partial charge in [0.15, 0.2) is 4.67 Å². The maximum absolute atomic E-state index is 5.64. The Labute approximate surface area is 105 Å². The van der Waals surface area contributed by atoms with E-state index in [0.29, 0.717) is 0 Å². The molecule has 16 heavy (non-hydrogen) atoms. The van der Waals surface area contributed by atoms with Gasteiger partial charge >= 0.3 is 0 Å². The molecule has 0 radical (unpaired) electrons. The third kappa shape index (κ3) is 2.34. The largest absolute Gasteiger partial charge is 0.453 e. The summed E-state index contributed by atoms with van der Waals surface area (Å²) in [6.07, 6.45) is 4.55. The summed E-state index contributed by atoms with van der Waals surface area (Å²) in [7, 11) is 3.77. The fourth-order valence-electron chi connectivity index (χ4n) is 2.30. The van der Waals surface area contributed by atoms with E-state index in [1.807, 2.05) is 26.3 Å². The van der Waals surface area contributed by atoms with Gasteiger partial charge in [0.2, 0.25) is 0 Å². The van der Waals surface area contributed by atoms with Crippen molar-refractivity contribution in [3.8, 4) is 0 Å². The molecule has 0 saturated heterocycles. The van der Waals surface area contributed by atoms with Crippen molar-refractivity contribution in [3.05, 3.63) is 22.6 Å². The smallest absolute Gasteiger partial charge is 0.169 e. The Kier molecular flexibility index (Phi) is 3.72. The highest BCUT2D eigenvalue weighted by Gasteiger charge is 2.39. The maximum atomic E-state index is 5.64. The lowest BCUT2D eigenvalue weighted by molar-refractivity contribution is -0.0845. The Bertz CT molecular complexity index is 341. The van der Waals surface area contributed by atoms with Crippen molar-refractivity contribution in [1.82, 2.24) is 5.32 Å². The molecule has 1 heterocycles. The predicted molar refractivity (Wildman–Crippen MR) is 66.4 cm³/mol. The van der Waals surface area contributed by atoms with Crippen LogP contribution < -0.4 is 5.32 Å². The fourth-order valence-corrected chi connectivity index (χ4v) is 2.61. The molecule has 4 heteroatoms. The Hall–Kier alpha value is -0.320. The summed E-state index contributed by atoms with van der Waals surface area (Å²) in [6.45, 7) is 0. The van der Waals surface area contributed by atoms with Gasteiger partial charge in [-0.05, 0) is 60.8 Å². The number of hydrogen-bond donors (Lipinski definition) is 1. The zero-order valence-corrected chi connectivity index (χ0v) is 11.3. The van der Waals surface area contributed by atoms with E-state index in [0.717, 1.165) is 29.7 Å². The Morgan fingerprint density at radius 3 is 2.69 bits per heavy atom. The fraction of sp³-hybridized carbons (Fsp3) is 0.667. The van der Waals surface area contributed by atoms with Crippen LogP contribution in [0.2, 0.25) is 0 Å². The van der Waals surface area contributed by atoms with Gasteiger partial charge in [-0.15, -0.1) is 0 Å². The van der Waals surface area contributed by atoms with E-state index in [4.69, 9.17) is 9.15 Å². The number of nitrogens with one attached hydrogen (secondary N) is 1. The molecule has 0 aliphatic heterocycles. The summed E-state index contributed by atoms with van der Waals surface area (Å²) in [5, 5.41) is 3.30. The summed E-state index contributed by atoms with van der Waals surface area (Å²) >= 11 is 3.33. The zero-order chi connectivity index (χ0) is 11.6. The van der Waals surface area contributed by atoms with Gasteiger partial charge in [0.25, 0.3) is 0 Å². The van der Waals surface area contributed by atoms with Gasteiger partial charge in [0, 0.05) is 7.11 Å². The number of ether oxygens (including phenoxy) is 1. The van der Waals surface area contributed by atoms with Crippen LogP contribution in [0.4, 0.5) is 0 Å². The molecule has 0 aromatic carbocycles. The van der Waals surface area contributed by atoms with Crippen molar-refractivity contribution in [2.24, 2.45) is 0 Å². The SMILES string of the molecule is CNC(CC1(OC)CCC1)c1ccc(Br)o1. The molecule has 1 aliphatic carbocycles. The van der Waals surface area contributed by atoms with Crippen molar-refractivity contribution >= 4 is 15.9 Å². The molecule has 1 aromatic heterocycles. The molecule has 0 amide bonds. The van der Waals surface area contributed by atoms with Gasteiger partial charge in [0.1, 0.15) is 5.76 Å². The lowest BCUT2D eigenvalue weighted by Crippen LogP contribution is -2.42. The second-order valence-corrected chi connectivity index (χ2v) is 5.21. The van der Waals surface area contributed by atoms with Crippen LogP contribution in [0.25, 0.3) is 0 Å². The number of hydrogen-bond acceptors (Lipinski definition) is 3. The van der Waals surface area contributed by atoms with Crippen LogP contribution in [-0.2, 0) is 4.74 Å². The molecule has 1 atom stereocenters. The van der Waals surface area contributed by atoms with Crippen LogP contribution in [0.5, 0.6) is 0 Å². The molecule has 3 nitrogen and oxygen atoms in total. The Morgan fingerprint density at radius 2 is 2.31 bits per heavy atom. The van der Waals surface area contributed by atoms with Crippen LogP contribution in [0.1, 0.15) is 37.5 Å². The zero-order valence-electron chi connectivity index (χ0n) is 9.75. The monoisotopic (exact) mass is 287 g/mol. The van der Waals surface area contributed by atoms with Crippen LogP contribution in [0.15, 0.2) is 21.2 Å². The summed E-state index contributed by atoms with van der Waals surface area (Å²) in [4.78, 5) is 0. The van der Waals surface area contributed by atoms with Crippen LogP contribution in [0.3, 0.4) is 0 Å². The molecule has 0 spiro atoms. The molecule has 1 aliphatic rings. The van der Waals surface area contributed by atoms with E-state index >= 15 is 0 Å². The van der Waals surface area contributed by atoms with Crippen LogP contribution >= 0.6 is 15.9 Å². The predicted octanol–water partition coefficient (Wildman–Crippen LogP) is 3.26. The molecule has 1 unspecified atom stereocenters. The average Bonchev–Trinajstić information content (AvgIpc) is 2.65. The van der Waals surface area contributed by atoms with Gasteiger partial charge in [-0.3, -0.25) is 0 Å². The highest BCUT2D eigenvalue weighted by Crippen LogP contribution is 2.42. The highest BCUT2D eigenvalue weighted by atomic mass is 79.9.